The first kappa shape index (κ1) is 21.9. The third-order valence-corrected chi connectivity index (χ3v) is 3.07. The highest BCUT2D eigenvalue weighted by atomic mass is 127. The van der Waals surface area contributed by atoms with Gasteiger partial charge in [0.25, 0.3) is 0 Å². The smallest absolute Gasteiger partial charge is 0.191 e. The summed E-state index contributed by atoms with van der Waals surface area (Å²) in [4.78, 5) is 8.01. The normalized spacial score (nSPS) is 10.7. The number of aromatic nitrogens is 1. The minimum Gasteiger partial charge on any atom is -0.490 e. The third kappa shape index (κ3) is 7.81. The van der Waals surface area contributed by atoms with Crippen LogP contribution in [0.5, 0.6) is 11.5 Å². The molecule has 9 heteroatoms. The first-order valence-corrected chi connectivity index (χ1v) is 7.74. The number of ether oxygens (including phenoxy) is 2. The summed E-state index contributed by atoms with van der Waals surface area (Å²) >= 11 is 0. The summed E-state index contributed by atoms with van der Waals surface area (Å²) < 4.78 is 37.0. The number of halogens is 3. The van der Waals surface area contributed by atoms with Gasteiger partial charge in [0.2, 0.25) is 0 Å². The van der Waals surface area contributed by atoms with E-state index in [1.165, 1.54) is 6.07 Å². The summed E-state index contributed by atoms with van der Waals surface area (Å²) in [5.41, 5.74) is 0. The van der Waals surface area contributed by atoms with Gasteiger partial charge in [0.1, 0.15) is 24.8 Å². The van der Waals surface area contributed by atoms with Crippen molar-refractivity contribution < 1.29 is 18.3 Å². The summed E-state index contributed by atoms with van der Waals surface area (Å²) in [7, 11) is 1.64. The number of rotatable bonds is 8. The molecule has 0 unspecified atom stereocenters. The standard InChI is InChI=1S/C17H20F2N4O2.HI/c1-20-17(22-7-9-24-14-3-2-6-21-12-14)23-8-10-25-16-5-4-13(18)11-15(16)19;/h2-6,11-12H,7-10H2,1H3,(H2,20,22,23);1H. The summed E-state index contributed by atoms with van der Waals surface area (Å²) in [5, 5.41) is 6.09. The average Bonchev–Trinajstić information content (AvgIpc) is 2.62. The number of hydrogen-bond donors (Lipinski definition) is 2. The Balaban J connectivity index is 0.00000338. The predicted molar refractivity (Wildman–Crippen MR) is 106 cm³/mol. The number of pyridine rings is 1. The number of aliphatic imine (C=N–C) groups is 1. The first-order valence-electron chi connectivity index (χ1n) is 7.74. The molecule has 0 spiro atoms. The number of benzene rings is 1. The molecular formula is C17H21F2IN4O2. The second-order valence-electron chi connectivity index (χ2n) is 4.89. The summed E-state index contributed by atoms with van der Waals surface area (Å²) in [6.45, 7) is 1.60. The number of nitrogens with one attached hydrogen (secondary N) is 2. The summed E-state index contributed by atoms with van der Waals surface area (Å²) in [6.07, 6.45) is 3.32. The van der Waals surface area contributed by atoms with E-state index in [2.05, 4.69) is 20.6 Å². The van der Waals surface area contributed by atoms with Crippen molar-refractivity contribution in [1.82, 2.24) is 15.6 Å². The van der Waals surface area contributed by atoms with E-state index in [1.807, 2.05) is 6.07 Å². The van der Waals surface area contributed by atoms with Gasteiger partial charge in [0, 0.05) is 19.3 Å². The Hall–Kier alpha value is -2.17. The van der Waals surface area contributed by atoms with Crippen LogP contribution in [0.2, 0.25) is 0 Å². The van der Waals surface area contributed by atoms with Gasteiger partial charge >= 0.3 is 0 Å². The molecule has 0 aliphatic carbocycles. The Morgan fingerprint density at radius 2 is 1.85 bits per heavy atom. The van der Waals surface area contributed by atoms with Crippen LogP contribution < -0.4 is 20.1 Å². The number of nitrogens with zero attached hydrogens (tertiary/aromatic N) is 2. The zero-order chi connectivity index (χ0) is 17.9. The fraction of sp³-hybridized carbons (Fsp3) is 0.294. The Morgan fingerprint density at radius 1 is 1.12 bits per heavy atom. The molecule has 0 amide bonds. The fourth-order valence-corrected chi connectivity index (χ4v) is 1.91. The van der Waals surface area contributed by atoms with E-state index in [-0.39, 0.29) is 36.3 Å². The highest BCUT2D eigenvalue weighted by Crippen LogP contribution is 2.17. The molecule has 2 N–H and O–H groups in total. The van der Waals surface area contributed by atoms with Crippen LogP contribution in [0.15, 0.2) is 47.7 Å². The van der Waals surface area contributed by atoms with Gasteiger partial charge in [-0.15, -0.1) is 24.0 Å². The Bertz CT molecular complexity index is 690. The van der Waals surface area contributed by atoms with Crippen molar-refractivity contribution in [3.05, 3.63) is 54.4 Å². The van der Waals surface area contributed by atoms with Crippen molar-refractivity contribution in [3.63, 3.8) is 0 Å². The molecule has 0 bridgehead atoms. The van der Waals surface area contributed by atoms with Crippen molar-refractivity contribution in [2.24, 2.45) is 4.99 Å². The lowest BCUT2D eigenvalue weighted by Crippen LogP contribution is -2.41. The minimum atomic E-state index is -0.727. The monoisotopic (exact) mass is 478 g/mol. The zero-order valence-corrected chi connectivity index (χ0v) is 16.6. The van der Waals surface area contributed by atoms with E-state index < -0.39 is 11.6 Å². The average molecular weight is 478 g/mol. The second-order valence-corrected chi connectivity index (χ2v) is 4.89. The molecule has 0 aliphatic heterocycles. The van der Waals surface area contributed by atoms with E-state index in [9.17, 15) is 8.78 Å². The molecule has 1 heterocycles. The van der Waals surface area contributed by atoms with Gasteiger partial charge in [0.15, 0.2) is 17.5 Å². The van der Waals surface area contributed by atoms with Crippen molar-refractivity contribution in [2.45, 2.75) is 0 Å². The topological polar surface area (TPSA) is 67.8 Å². The van der Waals surface area contributed by atoms with Crippen LogP contribution in [0.3, 0.4) is 0 Å². The third-order valence-electron chi connectivity index (χ3n) is 3.07. The largest absolute Gasteiger partial charge is 0.490 e. The lowest BCUT2D eigenvalue weighted by atomic mass is 10.3. The molecule has 0 aliphatic rings. The van der Waals surface area contributed by atoms with Gasteiger partial charge in [-0.05, 0) is 24.3 Å². The van der Waals surface area contributed by atoms with Crippen LogP contribution >= 0.6 is 24.0 Å². The highest BCUT2D eigenvalue weighted by Gasteiger charge is 2.04. The maximum Gasteiger partial charge on any atom is 0.191 e. The summed E-state index contributed by atoms with van der Waals surface area (Å²) in [5.74, 6) is -0.0907. The quantitative estimate of drug-likeness (QED) is 0.264. The van der Waals surface area contributed by atoms with E-state index >= 15 is 0 Å². The van der Waals surface area contributed by atoms with Crippen LogP contribution in [0.1, 0.15) is 0 Å². The van der Waals surface area contributed by atoms with E-state index in [1.54, 1.807) is 25.5 Å². The van der Waals surface area contributed by atoms with Crippen LogP contribution in [-0.4, -0.2) is 44.3 Å². The number of hydrogen-bond acceptors (Lipinski definition) is 4. The summed E-state index contributed by atoms with van der Waals surface area (Å²) in [6, 6.07) is 6.81. The molecule has 142 valence electrons. The molecule has 0 saturated carbocycles. The Labute approximate surface area is 168 Å². The van der Waals surface area contributed by atoms with Gasteiger partial charge in [-0.2, -0.15) is 0 Å². The lowest BCUT2D eigenvalue weighted by Gasteiger charge is -2.13. The van der Waals surface area contributed by atoms with Gasteiger partial charge in [0.05, 0.1) is 19.3 Å². The second kappa shape index (κ2) is 12.2. The molecule has 0 radical (unpaired) electrons. The van der Waals surface area contributed by atoms with Crippen LogP contribution in [0.25, 0.3) is 0 Å². The van der Waals surface area contributed by atoms with Crippen LogP contribution in [0, 0.1) is 11.6 Å². The zero-order valence-electron chi connectivity index (χ0n) is 14.2. The minimum absolute atomic E-state index is 0. The van der Waals surface area contributed by atoms with Gasteiger partial charge < -0.3 is 20.1 Å². The van der Waals surface area contributed by atoms with Gasteiger partial charge in [-0.3, -0.25) is 9.98 Å². The van der Waals surface area contributed by atoms with E-state index in [0.29, 0.717) is 31.4 Å². The Morgan fingerprint density at radius 3 is 2.46 bits per heavy atom. The van der Waals surface area contributed by atoms with Crippen molar-refractivity contribution in [1.29, 1.82) is 0 Å². The molecule has 1 aromatic heterocycles. The lowest BCUT2D eigenvalue weighted by molar-refractivity contribution is 0.303. The first-order chi connectivity index (χ1) is 12.2. The van der Waals surface area contributed by atoms with Crippen molar-refractivity contribution >= 4 is 29.9 Å². The van der Waals surface area contributed by atoms with Crippen LogP contribution in [0.4, 0.5) is 8.78 Å². The molecule has 2 aromatic rings. The molecule has 0 saturated heterocycles. The van der Waals surface area contributed by atoms with Gasteiger partial charge in [-0.25, -0.2) is 8.78 Å². The maximum atomic E-state index is 13.4. The molecule has 0 atom stereocenters. The molecular weight excluding hydrogens is 457 g/mol. The predicted octanol–water partition coefficient (Wildman–Crippen LogP) is 2.60. The van der Waals surface area contributed by atoms with Crippen molar-refractivity contribution in [3.8, 4) is 11.5 Å². The maximum absolute atomic E-state index is 13.4. The Kier molecular flexibility index (Phi) is 10.3. The van der Waals surface area contributed by atoms with Gasteiger partial charge in [-0.1, -0.05) is 0 Å². The van der Waals surface area contributed by atoms with Crippen molar-refractivity contribution in [2.75, 3.05) is 33.4 Å². The van der Waals surface area contributed by atoms with E-state index in [0.717, 1.165) is 12.1 Å². The molecule has 1 aromatic carbocycles. The van der Waals surface area contributed by atoms with E-state index in [4.69, 9.17) is 9.47 Å². The molecule has 2 rings (SSSR count). The highest BCUT2D eigenvalue weighted by molar-refractivity contribution is 14.0. The molecule has 26 heavy (non-hydrogen) atoms. The van der Waals surface area contributed by atoms with Crippen LogP contribution in [-0.2, 0) is 0 Å². The molecule has 0 fully saturated rings. The number of guanidine groups is 1. The SMILES string of the molecule is CN=C(NCCOc1cccnc1)NCCOc1ccc(F)cc1F.I. The fourth-order valence-electron chi connectivity index (χ4n) is 1.91. The molecule has 6 nitrogen and oxygen atoms in total.